The van der Waals surface area contributed by atoms with Crippen LogP contribution in [0.4, 0.5) is 11.5 Å². The topological polar surface area (TPSA) is 77.2 Å². The molecule has 0 fully saturated rings. The highest BCUT2D eigenvalue weighted by Gasteiger charge is 2.09. The summed E-state index contributed by atoms with van der Waals surface area (Å²) in [5.74, 6) is 0.429. The van der Waals surface area contributed by atoms with Crippen LogP contribution >= 0.6 is 11.6 Å². The highest BCUT2D eigenvalue weighted by atomic mass is 35.5. The van der Waals surface area contributed by atoms with Gasteiger partial charge in [-0.15, -0.1) is 0 Å². The summed E-state index contributed by atoms with van der Waals surface area (Å²) in [4.78, 5) is 15.9. The normalized spacial score (nSPS) is 10.0. The van der Waals surface area contributed by atoms with Gasteiger partial charge in [0.05, 0.1) is 12.1 Å². The van der Waals surface area contributed by atoms with Crippen LogP contribution in [0.2, 0.25) is 5.02 Å². The number of aromatic nitrogens is 1. The number of benzene rings is 1. The van der Waals surface area contributed by atoms with Gasteiger partial charge in [0.25, 0.3) is 5.91 Å². The second kappa shape index (κ2) is 5.58. The number of amides is 1. The number of hydrogen-bond acceptors (Lipinski definition) is 4. The summed E-state index contributed by atoms with van der Waals surface area (Å²) in [6.45, 7) is 0. The van der Waals surface area contributed by atoms with E-state index < -0.39 is 0 Å². The van der Waals surface area contributed by atoms with E-state index in [0.29, 0.717) is 22.3 Å². The first-order valence-corrected chi connectivity index (χ1v) is 5.85. The first-order valence-electron chi connectivity index (χ1n) is 5.47. The number of carbonyl (C=O) groups is 1. The van der Waals surface area contributed by atoms with Crippen LogP contribution in [0.5, 0.6) is 5.75 Å². The fourth-order valence-corrected chi connectivity index (χ4v) is 1.71. The van der Waals surface area contributed by atoms with E-state index >= 15 is 0 Å². The van der Waals surface area contributed by atoms with E-state index in [1.165, 1.54) is 7.11 Å². The van der Waals surface area contributed by atoms with Crippen LogP contribution in [0.3, 0.4) is 0 Å². The van der Waals surface area contributed by atoms with Crippen LogP contribution in [0.1, 0.15) is 10.5 Å². The third-order valence-electron chi connectivity index (χ3n) is 2.41. The van der Waals surface area contributed by atoms with Crippen LogP contribution in [-0.4, -0.2) is 18.0 Å². The molecule has 1 aromatic heterocycles. The summed E-state index contributed by atoms with van der Waals surface area (Å²) >= 11 is 5.90. The molecular formula is C13H12ClN3O2. The highest BCUT2D eigenvalue weighted by Crippen LogP contribution is 2.27. The second-order valence-corrected chi connectivity index (χ2v) is 4.16. The lowest BCUT2D eigenvalue weighted by molar-refractivity contribution is 0.102. The van der Waals surface area contributed by atoms with Gasteiger partial charge in [-0.1, -0.05) is 17.7 Å². The van der Waals surface area contributed by atoms with Gasteiger partial charge in [0.2, 0.25) is 0 Å². The minimum absolute atomic E-state index is 0.244. The number of nitrogens with two attached hydrogens (primary N) is 1. The molecule has 0 spiro atoms. The van der Waals surface area contributed by atoms with Crippen molar-refractivity contribution in [1.29, 1.82) is 0 Å². The van der Waals surface area contributed by atoms with Gasteiger partial charge in [-0.25, -0.2) is 4.98 Å². The van der Waals surface area contributed by atoms with E-state index in [2.05, 4.69) is 10.3 Å². The molecule has 1 heterocycles. The lowest BCUT2D eigenvalue weighted by Crippen LogP contribution is -2.14. The Balaban J connectivity index is 2.19. The number of pyridine rings is 1. The smallest absolute Gasteiger partial charge is 0.274 e. The van der Waals surface area contributed by atoms with Crippen molar-refractivity contribution < 1.29 is 9.53 Å². The number of anilines is 2. The third-order valence-corrected chi connectivity index (χ3v) is 2.72. The number of nitrogens with zero attached hydrogens (tertiary/aromatic N) is 1. The average molecular weight is 278 g/mol. The van der Waals surface area contributed by atoms with Crippen molar-refractivity contribution in [3.8, 4) is 5.75 Å². The van der Waals surface area contributed by atoms with E-state index in [9.17, 15) is 4.79 Å². The number of hydrogen-bond donors (Lipinski definition) is 2. The molecule has 1 amide bonds. The van der Waals surface area contributed by atoms with Gasteiger partial charge in [0.1, 0.15) is 17.3 Å². The molecule has 5 nitrogen and oxygen atoms in total. The van der Waals surface area contributed by atoms with Crippen molar-refractivity contribution >= 4 is 29.0 Å². The number of nitrogens with one attached hydrogen (secondary N) is 1. The van der Waals surface area contributed by atoms with Crippen LogP contribution in [0, 0.1) is 0 Å². The predicted octanol–water partition coefficient (Wildman–Crippen LogP) is 2.58. The number of nitrogen functional groups attached to an aromatic ring is 1. The Morgan fingerprint density at radius 1 is 1.37 bits per heavy atom. The second-order valence-electron chi connectivity index (χ2n) is 3.75. The summed E-state index contributed by atoms with van der Waals surface area (Å²) in [5, 5.41) is 3.17. The van der Waals surface area contributed by atoms with Crippen LogP contribution in [0.15, 0.2) is 36.4 Å². The monoisotopic (exact) mass is 277 g/mol. The molecule has 1 aromatic carbocycles. The number of rotatable bonds is 3. The van der Waals surface area contributed by atoms with Crippen molar-refractivity contribution in [3.63, 3.8) is 0 Å². The lowest BCUT2D eigenvalue weighted by Gasteiger charge is -2.08. The van der Waals surface area contributed by atoms with Gasteiger partial charge in [0, 0.05) is 11.8 Å². The fraction of sp³-hybridized carbons (Fsp3) is 0.0769. The number of ether oxygens (including phenoxy) is 1. The summed E-state index contributed by atoms with van der Waals surface area (Å²) in [5.41, 5.74) is 6.34. The number of halogens is 1. The SMILES string of the molecule is COc1cc(NC(=O)c2cccc(N)n2)ccc1Cl. The zero-order valence-electron chi connectivity index (χ0n) is 10.2. The van der Waals surface area contributed by atoms with Gasteiger partial charge < -0.3 is 15.8 Å². The van der Waals surface area contributed by atoms with Crippen molar-refractivity contribution in [2.24, 2.45) is 0 Å². The fourth-order valence-electron chi connectivity index (χ4n) is 1.51. The van der Waals surface area contributed by atoms with Gasteiger partial charge in [0.15, 0.2) is 0 Å². The summed E-state index contributed by atoms with van der Waals surface area (Å²) in [6, 6.07) is 9.81. The van der Waals surface area contributed by atoms with Crippen molar-refractivity contribution in [1.82, 2.24) is 4.98 Å². The molecule has 0 unspecified atom stereocenters. The third kappa shape index (κ3) is 3.14. The number of methoxy groups -OCH3 is 1. The molecule has 0 saturated heterocycles. The molecule has 6 heteroatoms. The predicted molar refractivity (Wildman–Crippen MR) is 74.6 cm³/mol. The number of carbonyl (C=O) groups excluding carboxylic acids is 1. The van der Waals surface area contributed by atoms with E-state index in [1.807, 2.05) is 0 Å². The zero-order valence-corrected chi connectivity index (χ0v) is 10.9. The zero-order chi connectivity index (χ0) is 13.8. The van der Waals surface area contributed by atoms with Gasteiger partial charge in [-0.05, 0) is 24.3 Å². The standard InChI is InChI=1S/C13H12ClN3O2/c1-19-11-7-8(5-6-9(11)14)16-13(18)10-3-2-4-12(15)17-10/h2-7H,1H3,(H2,15,17)(H,16,18). The Bertz CT molecular complexity index is 617. The molecular weight excluding hydrogens is 266 g/mol. The Labute approximate surface area is 115 Å². The van der Waals surface area contributed by atoms with Crippen LogP contribution in [-0.2, 0) is 0 Å². The molecule has 0 saturated carbocycles. The van der Waals surface area contributed by atoms with Crippen molar-refractivity contribution in [3.05, 3.63) is 47.1 Å². The Morgan fingerprint density at radius 3 is 2.84 bits per heavy atom. The summed E-state index contributed by atoms with van der Waals surface area (Å²) in [6.07, 6.45) is 0. The molecule has 0 aliphatic carbocycles. The quantitative estimate of drug-likeness (QED) is 0.904. The van der Waals surface area contributed by atoms with Crippen molar-refractivity contribution in [2.45, 2.75) is 0 Å². The Morgan fingerprint density at radius 2 is 2.16 bits per heavy atom. The maximum atomic E-state index is 11.9. The van der Waals surface area contributed by atoms with E-state index in [-0.39, 0.29) is 11.6 Å². The molecule has 0 atom stereocenters. The highest BCUT2D eigenvalue weighted by molar-refractivity contribution is 6.32. The average Bonchev–Trinajstić information content (AvgIpc) is 2.41. The summed E-state index contributed by atoms with van der Waals surface area (Å²) in [7, 11) is 1.51. The molecule has 3 N–H and O–H groups in total. The lowest BCUT2D eigenvalue weighted by atomic mass is 10.2. The molecule has 0 radical (unpaired) electrons. The van der Waals surface area contributed by atoms with Gasteiger partial charge in [-0.2, -0.15) is 0 Å². The van der Waals surface area contributed by atoms with E-state index in [4.69, 9.17) is 22.1 Å². The molecule has 19 heavy (non-hydrogen) atoms. The minimum Gasteiger partial charge on any atom is -0.495 e. The Hall–Kier alpha value is -2.27. The largest absolute Gasteiger partial charge is 0.495 e. The molecule has 0 aliphatic heterocycles. The van der Waals surface area contributed by atoms with Gasteiger partial charge >= 0.3 is 0 Å². The van der Waals surface area contributed by atoms with Crippen LogP contribution < -0.4 is 15.8 Å². The van der Waals surface area contributed by atoms with E-state index in [0.717, 1.165) is 0 Å². The maximum Gasteiger partial charge on any atom is 0.274 e. The molecule has 2 rings (SSSR count). The molecule has 0 bridgehead atoms. The van der Waals surface area contributed by atoms with Crippen molar-refractivity contribution in [2.75, 3.05) is 18.2 Å². The molecule has 98 valence electrons. The first-order chi connectivity index (χ1) is 9.10. The molecule has 0 aliphatic rings. The van der Waals surface area contributed by atoms with E-state index in [1.54, 1.807) is 36.4 Å². The minimum atomic E-state index is -0.350. The summed E-state index contributed by atoms with van der Waals surface area (Å²) < 4.78 is 5.07. The molecule has 2 aromatic rings. The first kappa shape index (κ1) is 13.2. The maximum absolute atomic E-state index is 11.9. The van der Waals surface area contributed by atoms with Gasteiger partial charge in [-0.3, -0.25) is 4.79 Å². The Kier molecular flexibility index (Phi) is 3.87. The van der Waals surface area contributed by atoms with Crippen LogP contribution in [0.25, 0.3) is 0 Å².